The molecule has 0 N–H and O–H groups in total. The van der Waals surface area contributed by atoms with Crippen molar-refractivity contribution in [2.75, 3.05) is 7.11 Å². The molecule has 0 fully saturated rings. The largest absolute Gasteiger partial charge is 0.544 e. The molecule has 2 aromatic carbocycles. The van der Waals surface area contributed by atoms with Crippen molar-refractivity contribution in [2.45, 2.75) is 0 Å². The summed E-state index contributed by atoms with van der Waals surface area (Å²) in [6.07, 6.45) is 0. The van der Waals surface area contributed by atoms with Gasteiger partial charge >= 0.3 is 0 Å². The Hall–Kier alpha value is -2.61. The van der Waals surface area contributed by atoms with Crippen LogP contribution in [0.15, 0.2) is 24.3 Å². The lowest BCUT2D eigenvalue weighted by Crippen LogP contribution is -2.21. The Morgan fingerprint density at radius 2 is 1.83 bits per heavy atom. The molecule has 8 heteroatoms. The first-order valence-electron chi connectivity index (χ1n) is 6.50. The van der Waals surface area contributed by atoms with Gasteiger partial charge in [-0.2, -0.15) is 4.39 Å². The zero-order valence-corrected chi connectivity index (χ0v) is 12.8. The third-order valence-electron chi connectivity index (χ3n) is 3.43. The van der Waals surface area contributed by atoms with Crippen LogP contribution in [-0.4, -0.2) is 13.1 Å². The third-order valence-corrected chi connectivity index (χ3v) is 4.56. The van der Waals surface area contributed by atoms with E-state index in [4.69, 9.17) is 0 Å². The summed E-state index contributed by atoms with van der Waals surface area (Å²) in [5, 5.41) is 11.5. The number of carbonyl (C=O) groups is 1. The van der Waals surface area contributed by atoms with E-state index in [1.807, 2.05) is 0 Å². The highest BCUT2D eigenvalue weighted by molar-refractivity contribution is 7.21. The summed E-state index contributed by atoms with van der Waals surface area (Å²) in [5.41, 5.74) is -0.879. The Kier molecular flexibility index (Phi) is 3.92. The lowest BCUT2D eigenvalue weighted by atomic mass is 10.0. The molecule has 0 unspecified atom stereocenters. The molecule has 1 heterocycles. The fraction of sp³-hybridized carbons (Fsp3) is 0.0625. The summed E-state index contributed by atoms with van der Waals surface area (Å²) in [7, 11) is 0.968. The summed E-state index contributed by atoms with van der Waals surface area (Å²) in [6, 6.07) is 3.92. The average molecular weight is 355 g/mol. The molecule has 0 aliphatic rings. The van der Waals surface area contributed by atoms with Crippen molar-refractivity contribution in [1.82, 2.24) is 0 Å². The summed E-state index contributed by atoms with van der Waals surface area (Å²) >= 11 is 0.627. The van der Waals surface area contributed by atoms with Crippen molar-refractivity contribution in [3.05, 3.63) is 52.4 Å². The number of rotatable bonds is 3. The monoisotopic (exact) mass is 355 g/mol. The van der Waals surface area contributed by atoms with E-state index in [0.717, 1.165) is 19.2 Å². The highest BCUT2D eigenvalue weighted by Crippen LogP contribution is 2.42. The van der Waals surface area contributed by atoms with Gasteiger partial charge in [-0.15, -0.1) is 11.3 Å². The first-order chi connectivity index (χ1) is 11.3. The first kappa shape index (κ1) is 16.3. The first-order valence-corrected chi connectivity index (χ1v) is 7.32. The quantitative estimate of drug-likeness (QED) is 0.534. The Balaban J connectivity index is 2.42. The van der Waals surface area contributed by atoms with E-state index < -0.39 is 45.4 Å². The number of methoxy groups -OCH3 is 1. The van der Waals surface area contributed by atoms with E-state index in [1.54, 1.807) is 0 Å². The highest BCUT2D eigenvalue weighted by atomic mass is 32.1. The zero-order valence-electron chi connectivity index (χ0n) is 12.0. The summed E-state index contributed by atoms with van der Waals surface area (Å²) in [5.74, 6) is -7.47. The second-order valence-corrected chi connectivity index (χ2v) is 5.85. The molecule has 1 aromatic heterocycles. The van der Waals surface area contributed by atoms with Gasteiger partial charge in [0.25, 0.3) is 0 Å². The maximum absolute atomic E-state index is 14.3. The lowest BCUT2D eigenvalue weighted by Gasteiger charge is -2.11. The van der Waals surface area contributed by atoms with Crippen molar-refractivity contribution in [1.29, 1.82) is 0 Å². The van der Waals surface area contributed by atoms with Crippen LogP contribution in [0.2, 0.25) is 0 Å². The number of halogens is 4. The van der Waals surface area contributed by atoms with Gasteiger partial charge in [0, 0.05) is 21.2 Å². The predicted octanol–water partition coefficient (Wildman–Crippen LogP) is 3.50. The predicted molar refractivity (Wildman–Crippen MR) is 78.0 cm³/mol. The van der Waals surface area contributed by atoms with E-state index >= 15 is 0 Å². The number of hydrogen-bond donors (Lipinski definition) is 0. The lowest BCUT2D eigenvalue weighted by molar-refractivity contribution is -0.254. The van der Waals surface area contributed by atoms with Crippen LogP contribution in [0.5, 0.6) is 5.75 Å². The number of thiophene rings is 1. The molecule has 0 saturated carbocycles. The molecule has 0 aliphatic carbocycles. The summed E-state index contributed by atoms with van der Waals surface area (Å²) in [4.78, 5) is 10.9. The fourth-order valence-electron chi connectivity index (χ4n) is 2.43. The molecule has 3 aromatic rings. The van der Waals surface area contributed by atoms with Gasteiger partial charge in [-0.25, -0.2) is 13.2 Å². The van der Waals surface area contributed by atoms with Gasteiger partial charge in [0.1, 0.15) is 5.82 Å². The second-order valence-electron chi connectivity index (χ2n) is 4.80. The molecule has 0 radical (unpaired) electrons. The zero-order chi connectivity index (χ0) is 17.6. The van der Waals surface area contributed by atoms with E-state index in [2.05, 4.69) is 4.74 Å². The minimum absolute atomic E-state index is 0.142. The molecule has 24 heavy (non-hydrogen) atoms. The minimum Gasteiger partial charge on any atom is -0.544 e. The molecule has 0 atom stereocenters. The van der Waals surface area contributed by atoms with Crippen LogP contribution in [0.4, 0.5) is 17.6 Å². The number of hydrogen-bond acceptors (Lipinski definition) is 4. The Morgan fingerprint density at radius 3 is 2.46 bits per heavy atom. The minimum atomic E-state index is -1.66. The van der Waals surface area contributed by atoms with Gasteiger partial charge in [-0.3, -0.25) is 0 Å². The van der Waals surface area contributed by atoms with Crippen molar-refractivity contribution in [2.24, 2.45) is 0 Å². The van der Waals surface area contributed by atoms with Crippen molar-refractivity contribution in [3.8, 4) is 16.9 Å². The van der Waals surface area contributed by atoms with Crippen LogP contribution in [0, 0.1) is 23.3 Å². The number of benzene rings is 2. The van der Waals surface area contributed by atoms with Gasteiger partial charge in [-0.1, -0.05) is 0 Å². The number of carbonyl (C=O) groups excluding carboxylic acids is 1. The molecular weight excluding hydrogens is 348 g/mol. The molecule has 0 bridgehead atoms. The molecule has 0 saturated heterocycles. The number of carboxylic acid groups (broad SMARTS) is 1. The van der Waals surface area contributed by atoms with Crippen molar-refractivity contribution >= 4 is 27.4 Å². The second kappa shape index (κ2) is 5.79. The molecular formula is C16H7F4O3S-. The Bertz CT molecular complexity index is 981. The average Bonchev–Trinajstić information content (AvgIpc) is 2.90. The number of carboxylic acids is 1. The van der Waals surface area contributed by atoms with Crippen molar-refractivity contribution < 1.29 is 32.2 Å². The molecule has 0 aliphatic heterocycles. The number of aromatic carboxylic acids is 1. The smallest absolute Gasteiger partial charge is 0.204 e. The van der Waals surface area contributed by atoms with Gasteiger partial charge < -0.3 is 14.6 Å². The standard InChI is InChI=1S/C16H8F4O3S/c1-23-14-9(18)5-8(12(19)13(14)20)11-7-3-2-6(17)4-10(7)24-15(11)16(21)22/h2-5H,1H3,(H,21,22)/p-1. The summed E-state index contributed by atoms with van der Waals surface area (Å²) < 4.78 is 60.2. The van der Waals surface area contributed by atoms with Crippen LogP contribution in [0.3, 0.4) is 0 Å². The van der Waals surface area contributed by atoms with Crippen LogP contribution < -0.4 is 9.84 Å². The molecule has 124 valence electrons. The van der Waals surface area contributed by atoms with E-state index in [9.17, 15) is 27.5 Å². The Morgan fingerprint density at radius 1 is 1.12 bits per heavy atom. The maximum atomic E-state index is 14.3. The van der Waals surface area contributed by atoms with E-state index in [0.29, 0.717) is 17.4 Å². The normalized spacial score (nSPS) is 11.0. The van der Waals surface area contributed by atoms with Crippen LogP contribution in [0.25, 0.3) is 21.2 Å². The fourth-order valence-corrected chi connectivity index (χ4v) is 3.51. The van der Waals surface area contributed by atoms with Gasteiger partial charge in [0.2, 0.25) is 5.82 Å². The van der Waals surface area contributed by atoms with Gasteiger partial charge in [0.05, 0.1) is 18.0 Å². The number of fused-ring (bicyclic) bond motifs is 1. The topological polar surface area (TPSA) is 49.4 Å². The van der Waals surface area contributed by atoms with Crippen LogP contribution in [-0.2, 0) is 0 Å². The highest BCUT2D eigenvalue weighted by Gasteiger charge is 2.25. The number of ether oxygens (including phenoxy) is 1. The molecule has 0 amide bonds. The third kappa shape index (κ3) is 2.39. The maximum Gasteiger partial charge on any atom is 0.204 e. The molecule has 3 rings (SSSR count). The van der Waals surface area contributed by atoms with Crippen molar-refractivity contribution in [3.63, 3.8) is 0 Å². The van der Waals surface area contributed by atoms with Crippen LogP contribution >= 0.6 is 11.3 Å². The van der Waals surface area contributed by atoms with Crippen LogP contribution in [0.1, 0.15) is 9.67 Å². The Labute approximate surface area is 136 Å². The summed E-state index contributed by atoms with van der Waals surface area (Å²) in [6.45, 7) is 0. The van der Waals surface area contributed by atoms with Gasteiger partial charge in [-0.05, 0) is 24.3 Å². The SMILES string of the molecule is COc1c(F)cc(-c2c(C(=O)[O-])sc3cc(F)ccc23)c(F)c1F. The van der Waals surface area contributed by atoms with Gasteiger partial charge in [0.15, 0.2) is 17.4 Å². The molecule has 0 spiro atoms. The molecule has 3 nitrogen and oxygen atoms in total. The van der Waals surface area contributed by atoms with E-state index in [1.165, 1.54) is 6.07 Å². The van der Waals surface area contributed by atoms with E-state index in [-0.39, 0.29) is 15.6 Å².